The third-order valence-corrected chi connectivity index (χ3v) is 2.11. The standard InChI is InChI=1S/C11H15N3O3/c1-11(2,4-10(16)17)3-9(15)14-8-5-12-7-13-6-8/h5-7H,3-4H2,1-2H3,(H,14,15)(H,16,17). The largest absolute Gasteiger partial charge is 0.481 e. The van der Waals surface area contributed by atoms with Gasteiger partial charge in [-0.25, -0.2) is 9.97 Å². The van der Waals surface area contributed by atoms with Crippen molar-refractivity contribution in [1.82, 2.24) is 9.97 Å². The number of amides is 1. The Morgan fingerprint density at radius 1 is 1.29 bits per heavy atom. The molecular weight excluding hydrogens is 222 g/mol. The lowest BCUT2D eigenvalue weighted by molar-refractivity contribution is -0.139. The smallest absolute Gasteiger partial charge is 0.303 e. The summed E-state index contributed by atoms with van der Waals surface area (Å²) in [4.78, 5) is 29.8. The molecule has 1 aromatic rings. The Kier molecular flexibility index (Phi) is 4.14. The first-order valence-corrected chi connectivity index (χ1v) is 5.16. The summed E-state index contributed by atoms with van der Waals surface area (Å²) in [6, 6.07) is 0. The van der Waals surface area contributed by atoms with Gasteiger partial charge in [-0.2, -0.15) is 0 Å². The maximum Gasteiger partial charge on any atom is 0.303 e. The van der Waals surface area contributed by atoms with Gasteiger partial charge in [-0.1, -0.05) is 13.8 Å². The van der Waals surface area contributed by atoms with Crippen LogP contribution in [0.5, 0.6) is 0 Å². The van der Waals surface area contributed by atoms with Crippen molar-refractivity contribution in [2.75, 3.05) is 5.32 Å². The van der Waals surface area contributed by atoms with E-state index in [9.17, 15) is 9.59 Å². The minimum Gasteiger partial charge on any atom is -0.481 e. The van der Waals surface area contributed by atoms with Gasteiger partial charge < -0.3 is 10.4 Å². The first-order chi connectivity index (χ1) is 7.89. The van der Waals surface area contributed by atoms with Gasteiger partial charge in [-0.05, 0) is 5.41 Å². The SMILES string of the molecule is CC(C)(CC(=O)O)CC(=O)Nc1cncnc1. The molecule has 0 aliphatic heterocycles. The molecule has 1 amide bonds. The summed E-state index contributed by atoms with van der Waals surface area (Å²) in [5, 5.41) is 11.3. The molecule has 0 spiro atoms. The van der Waals surface area contributed by atoms with Crippen molar-refractivity contribution >= 4 is 17.6 Å². The van der Waals surface area contributed by atoms with Crippen LogP contribution in [0.4, 0.5) is 5.69 Å². The first-order valence-electron chi connectivity index (χ1n) is 5.16. The van der Waals surface area contributed by atoms with Crippen LogP contribution in [-0.4, -0.2) is 27.0 Å². The van der Waals surface area contributed by atoms with E-state index in [4.69, 9.17) is 5.11 Å². The van der Waals surface area contributed by atoms with E-state index < -0.39 is 11.4 Å². The van der Waals surface area contributed by atoms with Gasteiger partial charge in [0.25, 0.3) is 0 Å². The molecule has 0 bridgehead atoms. The minimum atomic E-state index is -0.911. The average molecular weight is 237 g/mol. The lowest BCUT2D eigenvalue weighted by Crippen LogP contribution is -2.24. The van der Waals surface area contributed by atoms with E-state index in [1.807, 2.05) is 0 Å². The third-order valence-electron chi connectivity index (χ3n) is 2.11. The van der Waals surface area contributed by atoms with Gasteiger partial charge >= 0.3 is 5.97 Å². The Hall–Kier alpha value is -1.98. The minimum absolute atomic E-state index is 0.0499. The number of carboxylic acids is 1. The molecule has 1 rings (SSSR count). The predicted octanol–water partition coefficient (Wildman–Crippen LogP) is 1.31. The number of anilines is 1. The molecule has 0 unspecified atom stereocenters. The summed E-state index contributed by atoms with van der Waals surface area (Å²) in [7, 11) is 0. The van der Waals surface area contributed by atoms with E-state index in [-0.39, 0.29) is 18.7 Å². The number of carbonyl (C=O) groups excluding carboxylic acids is 1. The van der Waals surface area contributed by atoms with Crippen LogP contribution in [-0.2, 0) is 9.59 Å². The Labute approximate surface area is 99.1 Å². The van der Waals surface area contributed by atoms with Crippen molar-refractivity contribution in [3.05, 3.63) is 18.7 Å². The lowest BCUT2D eigenvalue weighted by Gasteiger charge is -2.21. The number of aliphatic carboxylic acids is 1. The van der Waals surface area contributed by atoms with Crippen LogP contribution in [0.3, 0.4) is 0 Å². The highest BCUT2D eigenvalue weighted by molar-refractivity contribution is 5.91. The zero-order chi connectivity index (χ0) is 12.9. The van der Waals surface area contributed by atoms with E-state index in [1.54, 1.807) is 13.8 Å². The Morgan fingerprint density at radius 2 is 1.88 bits per heavy atom. The maximum absolute atomic E-state index is 11.6. The molecule has 1 aromatic heterocycles. The van der Waals surface area contributed by atoms with Crippen molar-refractivity contribution in [3.8, 4) is 0 Å². The molecule has 0 aliphatic carbocycles. The fourth-order valence-corrected chi connectivity index (χ4v) is 1.48. The predicted molar refractivity (Wildman–Crippen MR) is 61.3 cm³/mol. The van der Waals surface area contributed by atoms with Crippen molar-refractivity contribution < 1.29 is 14.7 Å². The van der Waals surface area contributed by atoms with E-state index in [1.165, 1.54) is 18.7 Å². The summed E-state index contributed by atoms with van der Waals surface area (Å²) >= 11 is 0. The fraction of sp³-hybridized carbons (Fsp3) is 0.455. The number of aromatic nitrogens is 2. The molecule has 6 nitrogen and oxygen atoms in total. The van der Waals surface area contributed by atoms with Crippen molar-refractivity contribution in [1.29, 1.82) is 0 Å². The molecule has 2 N–H and O–H groups in total. The van der Waals surface area contributed by atoms with Gasteiger partial charge in [-0.3, -0.25) is 9.59 Å². The van der Waals surface area contributed by atoms with E-state index in [0.29, 0.717) is 5.69 Å². The second kappa shape index (κ2) is 5.38. The summed E-state index contributed by atoms with van der Waals surface area (Å²) < 4.78 is 0. The quantitative estimate of drug-likeness (QED) is 0.805. The Bertz CT molecular complexity index is 404. The van der Waals surface area contributed by atoms with Crippen molar-refractivity contribution in [2.45, 2.75) is 26.7 Å². The number of hydrogen-bond acceptors (Lipinski definition) is 4. The molecule has 0 saturated heterocycles. The number of carboxylic acid groups (broad SMARTS) is 1. The fourth-order valence-electron chi connectivity index (χ4n) is 1.48. The molecule has 1 heterocycles. The van der Waals surface area contributed by atoms with Gasteiger partial charge in [-0.15, -0.1) is 0 Å². The summed E-state index contributed by atoms with van der Waals surface area (Å²) in [6.45, 7) is 3.48. The van der Waals surface area contributed by atoms with Gasteiger partial charge in [0.1, 0.15) is 6.33 Å². The number of rotatable bonds is 5. The van der Waals surface area contributed by atoms with Gasteiger partial charge in [0.2, 0.25) is 5.91 Å². The van der Waals surface area contributed by atoms with Crippen LogP contribution in [0.2, 0.25) is 0 Å². The zero-order valence-electron chi connectivity index (χ0n) is 9.80. The van der Waals surface area contributed by atoms with Crippen molar-refractivity contribution in [3.63, 3.8) is 0 Å². The molecule has 6 heteroatoms. The molecule has 0 fully saturated rings. The summed E-state index contributed by atoms with van der Waals surface area (Å²) in [5.41, 5.74) is -0.0745. The van der Waals surface area contributed by atoms with Gasteiger partial charge in [0.15, 0.2) is 0 Å². The second-order valence-corrected chi connectivity index (χ2v) is 4.59. The number of nitrogens with one attached hydrogen (secondary N) is 1. The van der Waals surface area contributed by atoms with Crippen LogP contribution in [0.1, 0.15) is 26.7 Å². The van der Waals surface area contributed by atoms with Crippen LogP contribution < -0.4 is 5.32 Å². The molecule has 0 saturated carbocycles. The molecule has 0 aromatic carbocycles. The number of hydrogen-bond donors (Lipinski definition) is 2. The summed E-state index contributed by atoms with van der Waals surface area (Å²) in [6.07, 6.45) is 4.41. The molecule has 17 heavy (non-hydrogen) atoms. The van der Waals surface area contributed by atoms with Gasteiger partial charge in [0.05, 0.1) is 24.5 Å². The second-order valence-electron chi connectivity index (χ2n) is 4.59. The highest BCUT2D eigenvalue weighted by atomic mass is 16.4. The van der Waals surface area contributed by atoms with Crippen molar-refractivity contribution in [2.24, 2.45) is 5.41 Å². The highest BCUT2D eigenvalue weighted by Gasteiger charge is 2.25. The highest BCUT2D eigenvalue weighted by Crippen LogP contribution is 2.25. The van der Waals surface area contributed by atoms with Gasteiger partial charge in [0, 0.05) is 6.42 Å². The van der Waals surface area contributed by atoms with Crippen LogP contribution in [0.25, 0.3) is 0 Å². The van der Waals surface area contributed by atoms with Crippen LogP contribution in [0.15, 0.2) is 18.7 Å². The van der Waals surface area contributed by atoms with Crippen LogP contribution >= 0.6 is 0 Å². The molecule has 92 valence electrons. The van der Waals surface area contributed by atoms with E-state index in [2.05, 4.69) is 15.3 Å². The topological polar surface area (TPSA) is 92.2 Å². The van der Waals surface area contributed by atoms with Crippen LogP contribution in [0, 0.1) is 5.41 Å². The number of nitrogens with zero attached hydrogens (tertiary/aromatic N) is 2. The molecular formula is C11H15N3O3. The third kappa shape index (κ3) is 5.05. The number of carbonyl (C=O) groups is 2. The Balaban J connectivity index is 2.52. The average Bonchev–Trinajstić information content (AvgIpc) is 2.15. The lowest BCUT2D eigenvalue weighted by atomic mass is 9.85. The molecule has 0 aliphatic rings. The Morgan fingerprint density at radius 3 is 2.41 bits per heavy atom. The zero-order valence-corrected chi connectivity index (χ0v) is 9.80. The normalized spacial score (nSPS) is 10.9. The monoisotopic (exact) mass is 237 g/mol. The first kappa shape index (κ1) is 13.1. The molecule has 0 atom stereocenters. The summed E-state index contributed by atoms with van der Waals surface area (Å²) in [5.74, 6) is -1.16. The van der Waals surface area contributed by atoms with E-state index >= 15 is 0 Å². The van der Waals surface area contributed by atoms with E-state index in [0.717, 1.165) is 0 Å². The molecule has 0 radical (unpaired) electrons. The maximum atomic E-state index is 11.6.